The molecule has 0 spiro atoms. The van der Waals surface area contributed by atoms with Crippen LogP contribution in [0.5, 0.6) is 0 Å². The van der Waals surface area contributed by atoms with E-state index in [9.17, 15) is 9.18 Å². The lowest BCUT2D eigenvalue weighted by atomic mass is 9.79. The van der Waals surface area contributed by atoms with Gasteiger partial charge in [0.15, 0.2) is 0 Å². The second-order valence-electron chi connectivity index (χ2n) is 6.20. The summed E-state index contributed by atoms with van der Waals surface area (Å²) in [6.45, 7) is 5.38. The van der Waals surface area contributed by atoms with Crippen LogP contribution < -0.4 is 10.9 Å². The van der Waals surface area contributed by atoms with Crippen molar-refractivity contribution < 1.29 is 13.9 Å². The van der Waals surface area contributed by atoms with Gasteiger partial charge in [0.1, 0.15) is 5.82 Å². The van der Waals surface area contributed by atoms with E-state index in [0.29, 0.717) is 5.92 Å². The Hall–Kier alpha value is -1.62. The molecule has 1 saturated heterocycles. The van der Waals surface area contributed by atoms with Crippen molar-refractivity contribution in [2.45, 2.75) is 33.1 Å². The molecule has 21 heavy (non-hydrogen) atoms. The Morgan fingerprint density at radius 1 is 1.33 bits per heavy atom. The Morgan fingerprint density at radius 2 is 2.00 bits per heavy atom. The highest BCUT2D eigenvalue weighted by atomic mass is 19.1. The number of anilines is 1. The number of carbonyl (C=O) groups excluding carboxylic acids is 1. The summed E-state index contributed by atoms with van der Waals surface area (Å²) in [6, 6.07) is 6.25. The van der Waals surface area contributed by atoms with Gasteiger partial charge in [-0.05, 0) is 37.3 Å². The number of benzene rings is 1. The first-order valence-electron chi connectivity index (χ1n) is 7.38. The van der Waals surface area contributed by atoms with Crippen molar-refractivity contribution in [1.82, 2.24) is 5.43 Å². The summed E-state index contributed by atoms with van der Waals surface area (Å²) >= 11 is 0. The molecule has 2 N–H and O–H groups in total. The van der Waals surface area contributed by atoms with E-state index in [4.69, 9.17) is 4.74 Å². The number of carbonyl (C=O) groups is 1. The fourth-order valence-corrected chi connectivity index (χ4v) is 2.62. The zero-order chi connectivity index (χ0) is 15.3. The van der Waals surface area contributed by atoms with Gasteiger partial charge in [-0.3, -0.25) is 15.6 Å². The maximum absolute atomic E-state index is 13.5. The highest BCUT2D eigenvalue weighted by Crippen LogP contribution is 2.31. The second-order valence-corrected chi connectivity index (χ2v) is 6.20. The molecule has 4 nitrogen and oxygen atoms in total. The molecule has 1 aromatic rings. The summed E-state index contributed by atoms with van der Waals surface area (Å²) in [6.07, 6.45) is 2.80. The largest absolute Gasteiger partial charge is 0.381 e. The van der Waals surface area contributed by atoms with E-state index in [-0.39, 0.29) is 17.4 Å². The van der Waals surface area contributed by atoms with Crippen LogP contribution in [-0.2, 0) is 9.53 Å². The molecule has 1 aliphatic rings. The van der Waals surface area contributed by atoms with Gasteiger partial charge in [0.05, 0.1) is 5.69 Å². The van der Waals surface area contributed by atoms with Crippen molar-refractivity contribution in [3.8, 4) is 0 Å². The Bertz CT molecular complexity index is 485. The smallest absolute Gasteiger partial charge is 0.243 e. The molecular weight excluding hydrogens is 271 g/mol. The minimum Gasteiger partial charge on any atom is -0.381 e. The third-order valence-electron chi connectivity index (χ3n) is 3.94. The molecule has 1 aliphatic heterocycles. The quantitative estimate of drug-likeness (QED) is 0.820. The number of hydrazine groups is 1. The van der Waals surface area contributed by atoms with Crippen molar-refractivity contribution in [3.63, 3.8) is 0 Å². The lowest BCUT2D eigenvalue weighted by molar-refractivity contribution is -0.130. The number of hydrogen-bond acceptors (Lipinski definition) is 3. The van der Waals surface area contributed by atoms with Gasteiger partial charge in [0, 0.05) is 18.6 Å². The van der Waals surface area contributed by atoms with E-state index >= 15 is 0 Å². The van der Waals surface area contributed by atoms with E-state index in [2.05, 4.69) is 10.9 Å². The van der Waals surface area contributed by atoms with Crippen LogP contribution in [0.2, 0.25) is 0 Å². The number of rotatable bonds is 5. The molecule has 5 heteroatoms. The van der Waals surface area contributed by atoms with Gasteiger partial charge < -0.3 is 4.74 Å². The predicted molar refractivity (Wildman–Crippen MR) is 80.1 cm³/mol. The van der Waals surface area contributed by atoms with Crippen LogP contribution >= 0.6 is 0 Å². The molecule has 1 fully saturated rings. The lowest BCUT2D eigenvalue weighted by Gasteiger charge is -2.31. The van der Waals surface area contributed by atoms with Crippen molar-refractivity contribution in [2.75, 3.05) is 18.6 Å². The van der Waals surface area contributed by atoms with Crippen LogP contribution in [-0.4, -0.2) is 19.1 Å². The number of nitrogens with one attached hydrogen (secondary N) is 2. The molecule has 0 saturated carbocycles. The summed E-state index contributed by atoms with van der Waals surface area (Å²) in [5.74, 6) is -0.00904. The molecule has 2 rings (SSSR count). The Labute approximate surface area is 125 Å². The van der Waals surface area contributed by atoms with Crippen LogP contribution in [0.1, 0.15) is 33.1 Å². The number of halogens is 1. The van der Waals surface area contributed by atoms with Crippen molar-refractivity contribution in [2.24, 2.45) is 11.3 Å². The lowest BCUT2D eigenvalue weighted by Crippen LogP contribution is -2.41. The zero-order valence-electron chi connectivity index (χ0n) is 12.6. The third-order valence-corrected chi connectivity index (χ3v) is 3.94. The SMILES string of the molecule is CC(C)(CC1CCOCC1)C(=O)NNc1ccccc1F. The summed E-state index contributed by atoms with van der Waals surface area (Å²) in [4.78, 5) is 12.3. The fourth-order valence-electron chi connectivity index (χ4n) is 2.62. The van der Waals surface area contributed by atoms with E-state index in [1.807, 2.05) is 13.8 Å². The van der Waals surface area contributed by atoms with E-state index in [1.54, 1.807) is 18.2 Å². The highest BCUT2D eigenvalue weighted by Gasteiger charge is 2.31. The van der Waals surface area contributed by atoms with Gasteiger partial charge in [-0.1, -0.05) is 26.0 Å². The van der Waals surface area contributed by atoms with Gasteiger partial charge in [-0.15, -0.1) is 0 Å². The first-order valence-corrected chi connectivity index (χ1v) is 7.38. The zero-order valence-corrected chi connectivity index (χ0v) is 12.6. The van der Waals surface area contributed by atoms with Gasteiger partial charge >= 0.3 is 0 Å². The van der Waals surface area contributed by atoms with Crippen LogP contribution in [0, 0.1) is 17.2 Å². The molecule has 0 radical (unpaired) electrons. The van der Waals surface area contributed by atoms with Crippen LogP contribution in [0.4, 0.5) is 10.1 Å². The standard InChI is InChI=1S/C16H23FN2O2/c1-16(2,11-12-7-9-21-10-8-12)15(20)19-18-14-6-4-3-5-13(14)17/h3-6,12,18H,7-11H2,1-2H3,(H,19,20). The number of ether oxygens (including phenoxy) is 1. The summed E-state index contributed by atoms with van der Waals surface area (Å²) < 4.78 is 18.8. The molecule has 1 heterocycles. The molecule has 0 aliphatic carbocycles. The van der Waals surface area contributed by atoms with Crippen LogP contribution in [0.3, 0.4) is 0 Å². The average molecular weight is 294 g/mol. The molecular formula is C16H23FN2O2. The number of hydrogen-bond donors (Lipinski definition) is 2. The fraction of sp³-hybridized carbons (Fsp3) is 0.562. The Balaban J connectivity index is 1.87. The Kier molecular flexibility index (Phi) is 5.17. The monoisotopic (exact) mass is 294 g/mol. The van der Waals surface area contributed by atoms with E-state index in [0.717, 1.165) is 32.5 Å². The van der Waals surface area contributed by atoms with Crippen LogP contribution in [0.15, 0.2) is 24.3 Å². The number of amides is 1. The molecule has 1 amide bonds. The molecule has 0 unspecified atom stereocenters. The van der Waals surface area contributed by atoms with Crippen molar-refractivity contribution in [1.29, 1.82) is 0 Å². The van der Waals surface area contributed by atoms with Crippen molar-refractivity contribution in [3.05, 3.63) is 30.1 Å². The molecule has 116 valence electrons. The second kappa shape index (κ2) is 6.89. The topological polar surface area (TPSA) is 50.4 Å². The van der Waals surface area contributed by atoms with Crippen LogP contribution in [0.25, 0.3) is 0 Å². The molecule has 1 aromatic carbocycles. The van der Waals surface area contributed by atoms with Crippen molar-refractivity contribution >= 4 is 11.6 Å². The highest BCUT2D eigenvalue weighted by molar-refractivity contribution is 5.82. The maximum Gasteiger partial charge on any atom is 0.243 e. The third kappa shape index (κ3) is 4.43. The molecule has 0 aromatic heterocycles. The normalized spacial score (nSPS) is 16.5. The Morgan fingerprint density at radius 3 is 2.67 bits per heavy atom. The minimum absolute atomic E-state index is 0.128. The predicted octanol–water partition coefficient (Wildman–Crippen LogP) is 3.11. The number of para-hydroxylation sites is 1. The first-order chi connectivity index (χ1) is 9.99. The maximum atomic E-state index is 13.5. The van der Waals surface area contributed by atoms with Gasteiger partial charge in [-0.25, -0.2) is 4.39 Å². The summed E-state index contributed by atoms with van der Waals surface area (Å²) in [5, 5.41) is 0. The molecule has 0 bridgehead atoms. The van der Waals surface area contributed by atoms with Gasteiger partial charge in [-0.2, -0.15) is 0 Å². The van der Waals surface area contributed by atoms with E-state index in [1.165, 1.54) is 6.07 Å². The summed E-state index contributed by atoms with van der Waals surface area (Å²) in [5.41, 5.74) is 5.04. The molecule has 0 atom stereocenters. The minimum atomic E-state index is -0.500. The van der Waals surface area contributed by atoms with E-state index < -0.39 is 5.41 Å². The van der Waals surface area contributed by atoms with Gasteiger partial charge in [0.2, 0.25) is 5.91 Å². The summed E-state index contributed by atoms with van der Waals surface area (Å²) in [7, 11) is 0. The average Bonchev–Trinajstić information content (AvgIpc) is 2.46. The first kappa shape index (κ1) is 15.8. The van der Waals surface area contributed by atoms with Gasteiger partial charge in [0.25, 0.3) is 0 Å².